The van der Waals surface area contributed by atoms with Gasteiger partial charge in [-0.05, 0) is 34.1 Å². The molecule has 1 aromatic heterocycles. The molecule has 2 N–H and O–H groups in total. The lowest BCUT2D eigenvalue weighted by Gasteiger charge is -2.06. The van der Waals surface area contributed by atoms with E-state index in [-0.39, 0.29) is 5.95 Å². The van der Waals surface area contributed by atoms with E-state index in [0.717, 1.165) is 22.2 Å². The fraction of sp³-hybridized carbons (Fsp3) is 0.250. The molecule has 94 valence electrons. The third-order valence-corrected chi connectivity index (χ3v) is 3.04. The van der Waals surface area contributed by atoms with Crippen molar-refractivity contribution < 1.29 is 4.74 Å². The van der Waals surface area contributed by atoms with E-state index < -0.39 is 0 Å². The van der Waals surface area contributed by atoms with Crippen LogP contribution in [0.5, 0.6) is 5.75 Å². The Morgan fingerprint density at radius 1 is 1.28 bits per heavy atom. The first-order valence-electron chi connectivity index (χ1n) is 5.48. The minimum absolute atomic E-state index is 0.240. The van der Waals surface area contributed by atoms with E-state index in [0.29, 0.717) is 11.6 Å². The van der Waals surface area contributed by atoms with Gasteiger partial charge in [0.2, 0.25) is 5.95 Å². The van der Waals surface area contributed by atoms with Crippen molar-refractivity contribution in [1.29, 1.82) is 0 Å². The third-order valence-electron chi connectivity index (χ3n) is 2.43. The first-order chi connectivity index (χ1) is 8.63. The van der Waals surface area contributed by atoms with Gasteiger partial charge in [0.05, 0.1) is 11.6 Å². The first kappa shape index (κ1) is 12.8. The van der Waals surface area contributed by atoms with Gasteiger partial charge in [-0.25, -0.2) is 4.98 Å². The van der Waals surface area contributed by atoms with Crippen LogP contribution in [-0.4, -0.2) is 22.1 Å². The van der Waals surface area contributed by atoms with Gasteiger partial charge in [0.15, 0.2) is 5.82 Å². The lowest BCUT2D eigenvalue weighted by atomic mass is 10.2. The fourth-order valence-corrected chi connectivity index (χ4v) is 2.07. The van der Waals surface area contributed by atoms with E-state index in [2.05, 4.69) is 30.9 Å². The Morgan fingerprint density at radius 2 is 2.06 bits per heavy atom. The molecule has 0 saturated heterocycles. The molecular weight excluding hydrogens is 296 g/mol. The zero-order valence-electron chi connectivity index (χ0n) is 10.1. The number of nitrogen functional groups attached to an aromatic ring is 1. The van der Waals surface area contributed by atoms with Crippen molar-refractivity contribution in [2.24, 2.45) is 0 Å². The topological polar surface area (TPSA) is 73.9 Å². The van der Waals surface area contributed by atoms with Crippen molar-refractivity contribution in [1.82, 2.24) is 15.0 Å². The van der Waals surface area contributed by atoms with E-state index >= 15 is 0 Å². The summed E-state index contributed by atoms with van der Waals surface area (Å²) in [5, 5.41) is 0. The van der Waals surface area contributed by atoms with E-state index in [9.17, 15) is 0 Å². The molecule has 6 heteroatoms. The van der Waals surface area contributed by atoms with Gasteiger partial charge in [-0.2, -0.15) is 9.97 Å². The van der Waals surface area contributed by atoms with Crippen LogP contribution in [0.2, 0.25) is 0 Å². The highest BCUT2D eigenvalue weighted by Crippen LogP contribution is 2.29. The van der Waals surface area contributed by atoms with Crippen LogP contribution in [0.15, 0.2) is 22.7 Å². The molecule has 0 atom stereocenters. The summed E-state index contributed by atoms with van der Waals surface area (Å²) >= 11 is 3.43. The summed E-state index contributed by atoms with van der Waals surface area (Å²) in [6, 6.07) is 5.63. The lowest BCUT2D eigenvalue weighted by molar-refractivity contribution is 0.412. The zero-order valence-corrected chi connectivity index (χ0v) is 11.7. The molecule has 0 bridgehead atoms. The number of benzene rings is 1. The van der Waals surface area contributed by atoms with Crippen molar-refractivity contribution >= 4 is 21.9 Å². The van der Waals surface area contributed by atoms with E-state index in [1.54, 1.807) is 7.11 Å². The molecule has 2 rings (SSSR count). The Morgan fingerprint density at radius 3 is 2.67 bits per heavy atom. The van der Waals surface area contributed by atoms with Gasteiger partial charge >= 0.3 is 0 Å². The first-order valence-corrected chi connectivity index (χ1v) is 6.27. The molecule has 1 aromatic carbocycles. The molecule has 0 radical (unpaired) electrons. The van der Waals surface area contributed by atoms with Gasteiger partial charge in [-0.3, -0.25) is 0 Å². The number of halogens is 1. The predicted molar refractivity (Wildman–Crippen MR) is 73.3 cm³/mol. The smallest absolute Gasteiger partial charge is 0.223 e. The highest BCUT2D eigenvalue weighted by Gasteiger charge is 2.08. The lowest BCUT2D eigenvalue weighted by Crippen LogP contribution is -2.04. The summed E-state index contributed by atoms with van der Waals surface area (Å²) in [6.07, 6.45) is 0.719. The van der Waals surface area contributed by atoms with Crippen LogP contribution in [0, 0.1) is 0 Å². The Hall–Kier alpha value is -1.69. The van der Waals surface area contributed by atoms with E-state index in [4.69, 9.17) is 10.5 Å². The summed E-state index contributed by atoms with van der Waals surface area (Å²) in [6.45, 7) is 1.97. The molecular formula is C12H13BrN4O. The van der Waals surface area contributed by atoms with Crippen LogP contribution in [-0.2, 0) is 6.42 Å². The van der Waals surface area contributed by atoms with Gasteiger partial charge < -0.3 is 10.5 Å². The third kappa shape index (κ3) is 2.59. The highest BCUT2D eigenvalue weighted by atomic mass is 79.9. The number of anilines is 1. The van der Waals surface area contributed by atoms with Gasteiger partial charge in [-0.1, -0.05) is 6.92 Å². The number of nitrogens with two attached hydrogens (primary N) is 1. The molecule has 0 aliphatic carbocycles. The quantitative estimate of drug-likeness (QED) is 0.942. The number of hydrogen-bond donors (Lipinski definition) is 1. The number of methoxy groups -OCH3 is 1. The summed E-state index contributed by atoms with van der Waals surface area (Å²) in [4.78, 5) is 12.6. The Kier molecular flexibility index (Phi) is 3.76. The maximum atomic E-state index is 5.67. The summed E-state index contributed by atoms with van der Waals surface area (Å²) < 4.78 is 6.03. The summed E-state index contributed by atoms with van der Waals surface area (Å²) in [7, 11) is 1.62. The summed E-state index contributed by atoms with van der Waals surface area (Å²) in [5.41, 5.74) is 6.53. The molecule has 1 heterocycles. The largest absolute Gasteiger partial charge is 0.496 e. The number of rotatable bonds is 3. The van der Waals surface area contributed by atoms with Crippen LogP contribution in [0.4, 0.5) is 5.95 Å². The SMILES string of the molecule is CCc1nc(N)nc(-c2ccc(OC)c(Br)c2)n1. The molecule has 18 heavy (non-hydrogen) atoms. The van der Waals surface area contributed by atoms with E-state index in [1.165, 1.54) is 0 Å². The van der Waals surface area contributed by atoms with Crippen LogP contribution in [0.3, 0.4) is 0 Å². The van der Waals surface area contributed by atoms with Crippen molar-refractivity contribution in [3.63, 3.8) is 0 Å². The molecule has 0 unspecified atom stereocenters. The highest BCUT2D eigenvalue weighted by molar-refractivity contribution is 9.10. The average Bonchev–Trinajstić information content (AvgIpc) is 2.37. The van der Waals surface area contributed by atoms with E-state index in [1.807, 2.05) is 25.1 Å². The average molecular weight is 309 g/mol. The standard InChI is InChI=1S/C12H13BrN4O/c1-3-10-15-11(17-12(14)16-10)7-4-5-9(18-2)8(13)6-7/h4-6H,3H2,1-2H3,(H2,14,15,16,17). The second kappa shape index (κ2) is 5.30. The second-order valence-electron chi connectivity index (χ2n) is 3.64. The Bertz CT molecular complexity index is 574. The maximum Gasteiger partial charge on any atom is 0.223 e. The Labute approximate surface area is 114 Å². The number of aromatic nitrogens is 3. The van der Waals surface area contributed by atoms with Crippen molar-refractivity contribution in [2.75, 3.05) is 12.8 Å². The van der Waals surface area contributed by atoms with Crippen molar-refractivity contribution in [3.05, 3.63) is 28.5 Å². The number of aryl methyl sites for hydroxylation is 1. The van der Waals surface area contributed by atoms with Crippen LogP contribution < -0.4 is 10.5 Å². The monoisotopic (exact) mass is 308 g/mol. The van der Waals surface area contributed by atoms with Crippen molar-refractivity contribution in [2.45, 2.75) is 13.3 Å². The fourth-order valence-electron chi connectivity index (χ4n) is 1.53. The molecule has 2 aromatic rings. The van der Waals surface area contributed by atoms with Crippen LogP contribution in [0.1, 0.15) is 12.7 Å². The van der Waals surface area contributed by atoms with Crippen molar-refractivity contribution in [3.8, 4) is 17.1 Å². The summed E-state index contributed by atoms with van der Waals surface area (Å²) in [5.74, 6) is 2.26. The van der Waals surface area contributed by atoms with Gasteiger partial charge in [0.25, 0.3) is 0 Å². The molecule has 5 nitrogen and oxygen atoms in total. The molecule has 0 amide bonds. The molecule has 0 aliphatic heterocycles. The molecule has 0 spiro atoms. The maximum absolute atomic E-state index is 5.67. The van der Waals surface area contributed by atoms with Gasteiger partial charge in [0, 0.05) is 12.0 Å². The van der Waals surface area contributed by atoms with Gasteiger partial charge in [0.1, 0.15) is 11.6 Å². The zero-order chi connectivity index (χ0) is 13.1. The Balaban J connectivity index is 2.48. The molecule has 0 saturated carbocycles. The predicted octanol–water partition coefficient (Wildman–Crippen LogP) is 2.45. The van der Waals surface area contributed by atoms with Crippen LogP contribution in [0.25, 0.3) is 11.4 Å². The minimum atomic E-state index is 0.240. The number of ether oxygens (including phenoxy) is 1. The second-order valence-corrected chi connectivity index (χ2v) is 4.49. The molecule has 0 fully saturated rings. The number of nitrogens with zero attached hydrogens (tertiary/aromatic N) is 3. The molecule has 0 aliphatic rings. The minimum Gasteiger partial charge on any atom is -0.496 e. The van der Waals surface area contributed by atoms with Crippen LogP contribution >= 0.6 is 15.9 Å². The normalized spacial score (nSPS) is 10.4. The van der Waals surface area contributed by atoms with Gasteiger partial charge in [-0.15, -0.1) is 0 Å². The number of hydrogen-bond acceptors (Lipinski definition) is 5.